The van der Waals surface area contributed by atoms with Crippen molar-refractivity contribution in [3.63, 3.8) is 0 Å². The number of hydrogen-bond donors (Lipinski definition) is 1. The van der Waals surface area contributed by atoms with Crippen LogP contribution in [-0.2, 0) is 22.4 Å². The minimum absolute atomic E-state index is 0.0488. The van der Waals surface area contributed by atoms with Crippen LogP contribution in [-0.4, -0.2) is 35.2 Å². The fraction of sp³-hybridized carbons (Fsp3) is 0.533. The number of thiophene rings is 1. The molecule has 0 bridgehead atoms. The Bertz CT molecular complexity index is 622. The lowest BCUT2D eigenvalue weighted by molar-refractivity contribution is -0.138. The quantitative estimate of drug-likeness (QED) is 0.797. The minimum atomic E-state index is -0.603. The van der Waals surface area contributed by atoms with Crippen LogP contribution in [0.2, 0.25) is 0 Å². The number of piperazine rings is 1. The van der Waals surface area contributed by atoms with E-state index in [0.29, 0.717) is 11.5 Å². The highest BCUT2D eigenvalue weighted by Crippen LogP contribution is 2.33. The number of nitrogens with one attached hydrogen (secondary N) is 1. The van der Waals surface area contributed by atoms with Gasteiger partial charge in [-0.05, 0) is 37.7 Å². The Kier molecular flexibility index (Phi) is 3.57. The van der Waals surface area contributed by atoms with Crippen LogP contribution in [0.1, 0.15) is 41.1 Å². The van der Waals surface area contributed by atoms with Gasteiger partial charge in [-0.3, -0.25) is 19.7 Å². The van der Waals surface area contributed by atoms with E-state index in [9.17, 15) is 14.4 Å². The van der Waals surface area contributed by atoms with Crippen molar-refractivity contribution in [3.8, 4) is 0 Å². The summed E-state index contributed by atoms with van der Waals surface area (Å²) in [6, 6.07) is -0.603. The zero-order valence-corrected chi connectivity index (χ0v) is 13.0. The normalized spacial score (nSPS) is 25.5. The number of nitrogens with zero attached hydrogens (tertiary/aromatic N) is 1. The fourth-order valence-electron chi connectivity index (χ4n) is 2.97. The molecule has 1 saturated heterocycles. The molecule has 0 radical (unpaired) electrons. The summed E-state index contributed by atoms with van der Waals surface area (Å²) in [5.74, 6) is -0.361. The molecule has 1 aromatic rings. The molecule has 112 valence electrons. The molecule has 0 aromatic carbocycles. The van der Waals surface area contributed by atoms with Crippen LogP contribution in [0.3, 0.4) is 0 Å². The van der Waals surface area contributed by atoms with E-state index in [4.69, 9.17) is 0 Å². The van der Waals surface area contributed by atoms with Crippen LogP contribution < -0.4 is 5.32 Å². The summed E-state index contributed by atoms with van der Waals surface area (Å²) in [5, 5.41) is 4.14. The number of amides is 3. The van der Waals surface area contributed by atoms with Gasteiger partial charge in [-0.2, -0.15) is 0 Å². The van der Waals surface area contributed by atoms with Crippen molar-refractivity contribution >= 4 is 29.1 Å². The molecule has 3 rings (SSSR count). The van der Waals surface area contributed by atoms with Gasteiger partial charge < -0.3 is 4.90 Å². The monoisotopic (exact) mass is 306 g/mol. The molecule has 2 aliphatic rings. The van der Waals surface area contributed by atoms with Crippen LogP contribution in [0.5, 0.6) is 0 Å². The lowest BCUT2D eigenvalue weighted by Crippen LogP contribution is -2.58. The van der Waals surface area contributed by atoms with Crippen molar-refractivity contribution in [2.45, 2.75) is 39.2 Å². The first-order valence-corrected chi connectivity index (χ1v) is 8.09. The molecular weight excluding hydrogens is 288 g/mol. The van der Waals surface area contributed by atoms with Gasteiger partial charge in [0.05, 0.1) is 5.56 Å². The highest BCUT2D eigenvalue weighted by Gasteiger charge is 2.35. The van der Waals surface area contributed by atoms with Crippen molar-refractivity contribution in [1.29, 1.82) is 0 Å². The second-order valence-corrected chi connectivity index (χ2v) is 6.88. The van der Waals surface area contributed by atoms with Crippen LogP contribution in [0, 0.1) is 5.92 Å². The number of imide groups is 1. The second-order valence-electron chi connectivity index (χ2n) is 5.92. The Morgan fingerprint density at radius 2 is 2.14 bits per heavy atom. The van der Waals surface area contributed by atoms with Gasteiger partial charge in [-0.1, -0.05) is 6.92 Å². The lowest BCUT2D eigenvalue weighted by Gasteiger charge is -2.32. The maximum atomic E-state index is 12.7. The van der Waals surface area contributed by atoms with Gasteiger partial charge in [0, 0.05) is 10.3 Å². The first-order valence-electron chi connectivity index (χ1n) is 7.21. The molecule has 1 aliphatic carbocycles. The van der Waals surface area contributed by atoms with E-state index in [-0.39, 0.29) is 12.5 Å². The molecule has 2 unspecified atom stereocenters. The van der Waals surface area contributed by atoms with Gasteiger partial charge in [0.25, 0.3) is 5.91 Å². The molecule has 2 atom stereocenters. The summed E-state index contributed by atoms with van der Waals surface area (Å²) in [4.78, 5) is 38.6. The predicted octanol–water partition coefficient (Wildman–Crippen LogP) is 1.36. The zero-order valence-electron chi connectivity index (χ0n) is 12.1. The van der Waals surface area contributed by atoms with Gasteiger partial charge in [0.2, 0.25) is 11.8 Å². The van der Waals surface area contributed by atoms with E-state index in [1.165, 1.54) is 9.78 Å². The first kappa shape index (κ1) is 14.3. The standard InChI is InChI=1S/C15H18N2O3S/c1-8-3-4-10-11(7-21-12(10)5-8)15(20)17-6-13(18)16-14(19)9(17)2/h7-9H,3-6H2,1-2H3,(H,16,18,19). The van der Waals surface area contributed by atoms with Crippen LogP contribution >= 0.6 is 11.3 Å². The predicted molar refractivity (Wildman–Crippen MR) is 79.2 cm³/mol. The smallest absolute Gasteiger partial charge is 0.256 e. The van der Waals surface area contributed by atoms with Crippen molar-refractivity contribution in [3.05, 3.63) is 21.4 Å². The second kappa shape index (κ2) is 5.26. The summed E-state index contributed by atoms with van der Waals surface area (Å²) in [6.07, 6.45) is 3.00. The van der Waals surface area contributed by atoms with E-state index in [1.54, 1.807) is 18.3 Å². The molecule has 3 amide bonds. The van der Waals surface area contributed by atoms with Crippen LogP contribution in [0.4, 0.5) is 0 Å². The Morgan fingerprint density at radius 1 is 1.38 bits per heavy atom. The molecular formula is C15H18N2O3S. The van der Waals surface area contributed by atoms with Crippen LogP contribution in [0.15, 0.2) is 5.38 Å². The van der Waals surface area contributed by atoms with Crippen molar-refractivity contribution in [2.24, 2.45) is 5.92 Å². The molecule has 2 heterocycles. The van der Waals surface area contributed by atoms with Gasteiger partial charge in [0.15, 0.2) is 0 Å². The van der Waals surface area contributed by atoms with Crippen LogP contribution in [0.25, 0.3) is 0 Å². The molecule has 0 spiro atoms. The highest BCUT2D eigenvalue weighted by molar-refractivity contribution is 7.10. The molecule has 21 heavy (non-hydrogen) atoms. The van der Waals surface area contributed by atoms with E-state index in [2.05, 4.69) is 12.2 Å². The molecule has 1 aliphatic heterocycles. The Morgan fingerprint density at radius 3 is 2.90 bits per heavy atom. The molecule has 1 fully saturated rings. The SMILES string of the molecule is CC1CCc2c(C(=O)N3CC(=O)NC(=O)C3C)csc2C1. The largest absolute Gasteiger partial charge is 0.318 e. The minimum Gasteiger partial charge on any atom is -0.318 e. The Balaban J connectivity index is 1.89. The Hall–Kier alpha value is -1.69. The highest BCUT2D eigenvalue weighted by atomic mass is 32.1. The molecule has 5 nitrogen and oxygen atoms in total. The molecule has 1 aromatic heterocycles. The number of hydrogen-bond acceptors (Lipinski definition) is 4. The average molecular weight is 306 g/mol. The van der Waals surface area contributed by atoms with Gasteiger partial charge in [-0.15, -0.1) is 11.3 Å². The number of carbonyl (C=O) groups is 3. The zero-order chi connectivity index (χ0) is 15.1. The topological polar surface area (TPSA) is 66.5 Å². The van der Waals surface area contributed by atoms with E-state index >= 15 is 0 Å². The van der Waals surface area contributed by atoms with Gasteiger partial charge in [-0.25, -0.2) is 0 Å². The molecule has 0 saturated carbocycles. The summed E-state index contributed by atoms with van der Waals surface area (Å²) in [5.41, 5.74) is 1.80. The maximum absolute atomic E-state index is 12.7. The first-order chi connectivity index (χ1) is 9.97. The van der Waals surface area contributed by atoms with Crippen molar-refractivity contribution in [2.75, 3.05) is 6.54 Å². The van der Waals surface area contributed by atoms with E-state index in [0.717, 1.165) is 24.8 Å². The summed E-state index contributed by atoms with van der Waals surface area (Å²) in [7, 11) is 0. The fourth-order valence-corrected chi connectivity index (χ4v) is 4.21. The summed E-state index contributed by atoms with van der Waals surface area (Å²) in [6.45, 7) is 3.83. The third kappa shape index (κ3) is 2.48. The lowest BCUT2D eigenvalue weighted by atomic mass is 9.88. The maximum Gasteiger partial charge on any atom is 0.256 e. The van der Waals surface area contributed by atoms with Gasteiger partial charge in [0.1, 0.15) is 12.6 Å². The molecule has 1 N–H and O–H groups in total. The van der Waals surface area contributed by atoms with E-state index in [1.807, 2.05) is 5.38 Å². The number of fused-ring (bicyclic) bond motifs is 1. The number of rotatable bonds is 1. The summed E-state index contributed by atoms with van der Waals surface area (Å²) < 4.78 is 0. The third-order valence-corrected chi connectivity index (χ3v) is 5.37. The van der Waals surface area contributed by atoms with E-state index < -0.39 is 17.9 Å². The summed E-state index contributed by atoms with van der Waals surface area (Å²) >= 11 is 1.62. The van der Waals surface area contributed by atoms with Gasteiger partial charge >= 0.3 is 0 Å². The number of carbonyl (C=O) groups excluding carboxylic acids is 3. The molecule has 6 heteroatoms. The van der Waals surface area contributed by atoms with Crippen molar-refractivity contribution in [1.82, 2.24) is 10.2 Å². The average Bonchev–Trinajstić information content (AvgIpc) is 2.84. The van der Waals surface area contributed by atoms with Crippen molar-refractivity contribution < 1.29 is 14.4 Å². The third-order valence-electron chi connectivity index (χ3n) is 4.32. The Labute approximate surface area is 127 Å².